The number of sulfone groups is 1. The Balaban J connectivity index is 1.92. The van der Waals surface area contributed by atoms with E-state index >= 15 is 0 Å². The van der Waals surface area contributed by atoms with Gasteiger partial charge in [0, 0.05) is 24.9 Å². The fourth-order valence-corrected chi connectivity index (χ4v) is 4.41. The molecule has 2 amide bonds. The molecule has 0 aliphatic carbocycles. The lowest BCUT2D eigenvalue weighted by Gasteiger charge is -2.34. The molecule has 0 saturated carbocycles. The summed E-state index contributed by atoms with van der Waals surface area (Å²) in [5.74, 6) is 0.837. The molecule has 1 atom stereocenters. The maximum absolute atomic E-state index is 11.9. The van der Waals surface area contributed by atoms with Crippen molar-refractivity contribution in [2.75, 3.05) is 36.2 Å². The van der Waals surface area contributed by atoms with Crippen molar-refractivity contribution < 1.29 is 17.9 Å². The second-order valence-electron chi connectivity index (χ2n) is 7.51. The molecule has 30 heavy (non-hydrogen) atoms. The van der Waals surface area contributed by atoms with Crippen LogP contribution in [0.2, 0.25) is 0 Å². The summed E-state index contributed by atoms with van der Waals surface area (Å²) in [4.78, 5) is 27.9. The summed E-state index contributed by atoms with van der Waals surface area (Å²) in [6.45, 7) is 7.55. The molecule has 1 fully saturated rings. The van der Waals surface area contributed by atoms with Gasteiger partial charge in [0.1, 0.15) is 5.82 Å². The van der Waals surface area contributed by atoms with Crippen molar-refractivity contribution in [2.24, 2.45) is 0 Å². The molecule has 2 aromatic heterocycles. The molecule has 0 spiro atoms. The number of nitrogens with one attached hydrogen (secondary N) is 2. The van der Waals surface area contributed by atoms with Crippen molar-refractivity contribution in [1.29, 1.82) is 0 Å². The van der Waals surface area contributed by atoms with E-state index in [2.05, 4.69) is 30.5 Å². The van der Waals surface area contributed by atoms with Crippen LogP contribution >= 0.6 is 11.3 Å². The standard InChI is InChI=1S/C18H26N6O4S2/c1-11(2)20-17(25)23-18-19-8-14(29-18)16-21-13(10-30(4,26)27)7-15(22-16)24-5-6-28-9-12(24)3/h7-8,11-12H,5-6,9-10H2,1-4H3,(H2,19,20,23,25)/t12-/m0/s1. The van der Waals surface area contributed by atoms with Crippen LogP contribution in [0.5, 0.6) is 0 Å². The van der Waals surface area contributed by atoms with E-state index < -0.39 is 9.84 Å². The highest BCUT2D eigenvalue weighted by Gasteiger charge is 2.23. The van der Waals surface area contributed by atoms with Gasteiger partial charge in [-0.15, -0.1) is 0 Å². The minimum atomic E-state index is -3.27. The fourth-order valence-electron chi connectivity index (χ4n) is 2.98. The number of anilines is 2. The van der Waals surface area contributed by atoms with E-state index in [9.17, 15) is 13.2 Å². The van der Waals surface area contributed by atoms with Crippen molar-refractivity contribution in [3.05, 3.63) is 18.0 Å². The molecule has 12 heteroatoms. The molecule has 164 valence electrons. The molecular formula is C18H26N6O4S2. The first-order valence-electron chi connectivity index (χ1n) is 9.54. The highest BCUT2D eigenvalue weighted by Crippen LogP contribution is 2.29. The molecule has 1 aliphatic heterocycles. The number of hydrogen-bond acceptors (Lipinski definition) is 9. The molecule has 2 aromatic rings. The van der Waals surface area contributed by atoms with Gasteiger partial charge in [0.15, 0.2) is 20.8 Å². The molecular weight excluding hydrogens is 428 g/mol. The second-order valence-corrected chi connectivity index (χ2v) is 10.7. The highest BCUT2D eigenvalue weighted by atomic mass is 32.2. The highest BCUT2D eigenvalue weighted by molar-refractivity contribution is 7.89. The molecule has 2 N–H and O–H groups in total. The van der Waals surface area contributed by atoms with Crippen LogP contribution in [0.3, 0.4) is 0 Å². The molecule has 3 rings (SSSR count). The van der Waals surface area contributed by atoms with Gasteiger partial charge in [0.25, 0.3) is 0 Å². The Morgan fingerprint density at radius 3 is 2.83 bits per heavy atom. The number of ether oxygens (including phenoxy) is 1. The number of rotatable bonds is 6. The van der Waals surface area contributed by atoms with Gasteiger partial charge in [-0.2, -0.15) is 0 Å². The van der Waals surface area contributed by atoms with Crippen molar-refractivity contribution in [3.63, 3.8) is 0 Å². The first-order chi connectivity index (χ1) is 14.1. The number of morpholine rings is 1. The monoisotopic (exact) mass is 454 g/mol. The zero-order valence-corrected chi connectivity index (χ0v) is 19.0. The predicted octanol–water partition coefficient (Wildman–Crippen LogP) is 1.90. The fraction of sp³-hybridized carbons (Fsp3) is 0.556. The van der Waals surface area contributed by atoms with E-state index in [0.29, 0.717) is 47.1 Å². The molecule has 1 saturated heterocycles. The lowest BCUT2D eigenvalue weighted by molar-refractivity contribution is 0.0985. The third kappa shape index (κ3) is 6.09. The summed E-state index contributed by atoms with van der Waals surface area (Å²) >= 11 is 1.22. The van der Waals surface area contributed by atoms with Crippen LogP contribution < -0.4 is 15.5 Å². The quantitative estimate of drug-likeness (QED) is 0.678. The molecule has 1 aliphatic rings. The van der Waals surface area contributed by atoms with Gasteiger partial charge in [0.2, 0.25) is 0 Å². The maximum atomic E-state index is 11.9. The molecule has 0 aromatic carbocycles. The SMILES string of the molecule is CC(C)NC(=O)Nc1ncc(-c2nc(CS(C)(=O)=O)cc(N3CCOC[C@@H]3C)n2)s1. The van der Waals surface area contributed by atoms with Crippen LogP contribution in [0.15, 0.2) is 12.3 Å². The molecule has 3 heterocycles. The van der Waals surface area contributed by atoms with Crippen LogP contribution in [0.25, 0.3) is 10.7 Å². The molecule has 0 bridgehead atoms. The molecule has 0 unspecified atom stereocenters. The summed E-state index contributed by atoms with van der Waals surface area (Å²) in [6, 6.07) is 1.47. The van der Waals surface area contributed by atoms with Crippen LogP contribution in [-0.2, 0) is 20.3 Å². The van der Waals surface area contributed by atoms with Crippen LogP contribution in [0, 0.1) is 0 Å². The van der Waals surface area contributed by atoms with E-state index in [-0.39, 0.29) is 23.9 Å². The third-order valence-electron chi connectivity index (χ3n) is 4.20. The zero-order chi connectivity index (χ0) is 21.9. The average molecular weight is 455 g/mol. The van der Waals surface area contributed by atoms with Gasteiger partial charge in [-0.05, 0) is 20.8 Å². The van der Waals surface area contributed by atoms with Gasteiger partial charge in [0.05, 0.1) is 41.8 Å². The summed E-state index contributed by atoms with van der Waals surface area (Å²) in [5.41, 5.74) is 0.414. The average Bonchev–Trinajstić information content (AvgIpc) is 3.08. The van der Waals surface area contributed by atoms with E-state index in [1.54, 1.807) is 12.3 Å². The molecule has 10 nitrogen and oxygen atoms in total. The van der Waals surface area contributed by atoms with Gasteiger partial charge >= 0.3 is 6.03 Å². The van der Waals surface area contributed by atoms with Gasteiger partial charge in [-0.25, -0.2) is 28.2 Å². The van der Waals surface area contributed by atoms with E-state index in [0.717, 1.165) is 0 Å². The first-order valence-corrected chi connectivity index (χ1v) is 12.4. The van der Waals surface area contributed by atoms with E-state index in [1.165, 1.54) is 17.6 Å². The number of nitrogens with zero attached hydrogens (tertiary/aromatic N) is 4. The molecule has 0 radical (unpaired) electrons. The topological polar surface area (TPSA) is 126 Å². The number of carbonyl (C=O) groups is 1. The van der Waals surface area contributed by atoms with Crippen LogP contribution in [0.4, 0.5) is 15.7 Å². The Morgan fingerprint density at radius 1 is 1.40 bits per heavy atom. The number of aromatic nitrogens is 3. The van der Waals surface area contributed by atoms with Gasteiger partial charge in [-0.3, -0.25) is 5.32 Å². The summed E-state index contributed by atoms with van der Waals surface area (Å²) in [6.07, 6.45) is 2.75. The summed E-state index contributed by atoms with van der Waals surface area (Å²) in [7, 11) is -3.27. The minimum absolute atomic E-state index is 0.00138. The largest absolute Gasteiger partial charge is 0.377 e. The third-order valence-corrected chi connectivity index (χ3v) is 5.93. The van der Waals surface area contributed by atoms with Crippen LogP contribution in [-0.4, -0.2) is 67.5 Å². The summed E-state index contributed by atoms with van der Waals surface area (Å²) in [5, 5.41) is 5.82. The van der Waals surface area contributed by atoms with Crippen molar-refractivity contribution in [2.45, 2.75) is 38.6 Å². The van der Waals surface area contributed by atoms with Crippen LogP contribution in [0.1, 0.15) is 26.5 Å². The van der Waals surface area contributed by atoms with E-state index in [1.807, 2.05) is 20.8 Å². The lowest BCUT2D eigenvalue weighted by Crippen LogP contribution is -2.44. The second kappa shape index (κ2) is 9.23. The number of carbonyl (C=O) groups excluding carboxylic acids is 1. The van der Waals surface area contributed by atoms with Gasteiger partial charge < -0.3 is 15.0 Å². The van der Waals surface area contributed by atoms with E-state index in [4.69, 9.17) is 4.74 Å². The number of thiazole rings is 1. The predicted molar refractivity (Wildman–Crippen MR) is 117 cm³/mol. The smallest absolute Gasteiger partial charge is 0.321 e. The minimum Gasteiger partial charge on any atom is -0.377 e. The summed E-state index contributed by atoms with van der Waals surface area (Å²) < 4.78 is 29.2. The van der Waals surface area contributed by atoms with Crippen molar-refractivity contribution in [3.8, 4) is 10.7 Å². The van der Waals surface area contributed by atoms with Crippen molar-refractivity contribution >= 4 is 38.2 Å². The maximum Gasteiger partial charge on any atom is 0.321 e. The Hall–Kier alpha value is -2.31. The zero-order valence-electron chi connectivity index (χ0n) is 17.4. The number of hydrogen-bond donors (Lipinski definition) is 2. The lowest BCUT2D eigenvalue weighted by atomic mass is 10.2. The van der Waals surface area contributed by atoms with Crippen molar-refractivity contribution in [1.82, 2.24) is 20.3 Å². The Kier molecular flexibility index (Phi) is 6.88. The normalized spacial score (nSPS) is 17.2. The number of amides is 2. The first kappa shape index (κ1) is 22.4. The Labute approximate surface area is 180 Å². The Morgan fingerprint density at radius 2 is 2.17 bits per heavy atom. The number of urea groups is 1. The van der Waals surface area contributed by atoms with Gasteiger partial charge in [-0.1, -0.05) is 11.3 Å². The Bertz CT molecular complexity index is 1010.